The standard InChI is InChI=1S/C27H38F2N2O4S/c1-34-20-10-11-21-18(15-20)12-14-31(13-8-9-24(32)35-2)25(21)27(33)30-19-16-22(28)26(23(29)17-19)36(3,4,5,6)7/h10-11,15-17,25H,8-9,12-14H2,1-7H3,(H,30,33). The van der Waals surface area contributed by atoms with Gasteiger partial charge >= 0.3 is 5.97 Å². The van der Waals surface area contributed by atoms with Gasteiger partial charge in [0.1, 0.15) is 23.4 Å². The second-order valence-corrected chi connectivity index (χ2v) is 22.9. The van der Waals surface area contributed by atoms with E-state index in [1.54, 1.807) is 13.2 Å². The first-order chi connectivity index (χ1) is 16.5. The molecular weight excluding hydrogens is 486 g/mol. The summed E-state index contributed by atoms with van der Waals surface area (Å²) in [5.41, 5.74) is 1.84. The number of ether oxygens (including phenoxy) is 2. The number of methoxy groups -OCH3 is 2. The van der Waals surface area contributed by atoms with Crippen molar-refractivity contribution in [2.45, 2.75) is 30.2 Å². The van der Waals surface area contributed by atoms with Crippen molar-refractivity contribution in [1.82, 2.24) is 4.90 Å². The maximum absolute atomic E-state index is 15.2. The number of amides is 1. The van der Waals surface area contributed by atoms with Crippen LogP contribution in [0.3, 0.4) is 0 Å². The van der Waals surface area contributed by atoms with Gasteiger partial charge < -0.3 is 14.8 Å². The van der Waals surface area contributed by atoms with Gasteiger partial charge in [-0.3, -0.25) is 22.8 Å². The minimum Gasteiger partial charge on any atom is -0.497 e. The molecule has 0 aromatic heterocycles. The number of hydrogen-bond donors (Lipinski definition) is 1. The summed E-state index contributed by atoms with van der Waals surface area (Å²) in [7, 11) is -0.228. The number of carbonyl (C=O) groups excluding carboxylic acids is 2. The summed E-state index contributed by atoms with van der Waals surface area (Å²) in [6.07, 6.45) is 10.9. The minimum atomic E-state index is -3.16. The van der Waals surface area contributed by atoms with E-state index in [4.69, 9.17) is 9.47 Å². The highest BCUT2D eigenvalue weighted by Gasteiger charge is 2.44. The lowest BCUT2D eigenvalue weighted by Gasteiger charge is -2.66. The fourth-order valence-electron chi connectivity index (χ4n) is 4.68. The third kappa shape index (κ3) is 6.37. The monoisotopic (exact) mass is 524 g/mol. The summed E-state index contributed by atoms with van der Waals surface area (Å²) in [4.78, 5) is 27.2. The van der Waals surface area contributed by atoms with E-state index in [1.807, 2.05) is 48.3 Å². The normalized spacial score (nSPS) is 18.0. The molecule has 9 heteroatoms. The highest BCUT2D eigenvalue weighted by molar-refractivity contribution is 8.62. The molecular formula is C27H38F2N2O4S. The number of fused-ring (bicyclic) bond motifs is 1. The zero-order chi connectivity index (χ0) is 27.0. The SMILES string of the molecule is COC(=O)CCCN1CCc2cc(OC)ccc2C1C(=O)Nc1cc(F)c(S(C)(C)(C)(C)C)c(F)c1. The predicted octanol–water partition coefficient (Wildman–Crippen LogP) is 4.85. The Balaban J connectivity index is 1.93. The van der Waals surface area contributed by atoms with Gasteiger partial charge in [-0.1, -0.05) is 6.07 Å². The van der Waals surface area contributed by atoms with Crippen LogP contribution in [0.15, 0.2) is 35.2 Å². The van der Waals surface area contributed by atoms with Gasteiger partial charge in [-0.2, -0.15) is 0 Å². The van der Waals surface area contributed by atoms with Crippen LogP contribution in [0, 0.1) is 11.6 Å². The third-order valence-electron chi connectivity index (χ3n) is 6.27. The zero-order valence-corrected chi connectivity index (χ0v) is 23.1. The van der Waals surface area contributed by atoms with Gasteiger partial charge in [-0.25, -0.2) is 8.78 Å². The average Bonchev–Trinajstić information content (AvgIpc) is 2.75. The Hall–Kier alpha value is -2.65. The van der Waals surface area contributed by atoms with E-state index >= 15 is 8.78 Å². The van der Waals surface area contributed by atoms with Crippen molar-refractivity contribution >= 4 is 25.9 Å². The summed E-state index contributed by atoms with van der Waals surface area (Å²) in [6, 6.07) is 7.25. The van der Waals surface area contributed by atoms with Crippen molar-refractivity contribution < 1.29 is 27.8 Å². The second-order valence-electron chi connectivity index (χ2n) is 12.3. The second kappa shape index (κ2) is 9.34. The van der Waals surface area contributed by atoms with E-state index in [2.05, 4.69) is 5.32 Å². The van der Waals surface area contributed by atoms with Gasteiger partial charge in [-0.15, -0.1) is 0 Å². The minimum absolute atomic E-state index is 0.0625. The van der Waals surface area contributed by atoms with Crippen LogP contribution in [-0.2, 0) is 20.7 Å². The molecule has 1 amide bonds. The Kier molecular flexibility index (Phi) is 7.24. The highest BCUT2D eigenvalue weighted by atomic mass is 32.4. The van der Waals surface area contributed by atoms with Crippen molar-refractivity contribution in [3.63, 3.8) is 0 Å². The number of anilines is 1. The number of rotatable bonds is 8. The Morgan fingerprint density at radius 2 is 1.69 bits per heavy atom. The first kappa shape index (κ1) is 27.9. The number of nitrogens with one attached hydrogen (secondary N) is 1. The molecule has 0 aliphatic carbocycles. The van der Waals surface area contributed by atoms with Crippen LogP contribution < -0.4 is 10.1 Å². The lowest BCUT2D eigenvalue weighted by atomic mass is 9.91. The maximum atomic E-state index is 15.2. The molecule has 0 spiro atoms. The van der Waals surface area contributed by atoms with Crippen molar-refractivity contribution in [1.29, 1.82) is 0 Å². The number of hydrogen-bond acceptors (Lipinski definition) is 5. The number of benzene rings is 2. The Labute approximate surface area is 211 Å². The van der Waals surface area contributed by atoms with Crippen molar-refractivity contribution in [3.05, 3.63) is 53.1 Å². The molecule has 2 aromatic rings. The molecule has 1 aliphatic rings. The Morgan fingerprint density at radius 3 is 2.25 bits per heavy atom. The van der Waals surface area contributed by atoms with E-state index in [0.717, 1.165) is 11.1 Å². The third-order valence-corrected chi connectivity index (χ3v) is 8.70. The van der Waals surface area contributed by atoms with Crippen LogP contribution in [0.25, 0.3) is 0 Å². The highest BCUT2D eigenvalue weighted by Crippen LogP contribution is 2.82. The molecule has 0 fully saturated rings. The molecule has 2 aromatic carbocycles. The van der Waals surface area contributed by atoms with Crippen LogP contribution in [0.4, 0.5) is 14.5 Å². The van der Waals surface area contributed by atoms with Crippen LogP contribution in [0.1, 0.15) is 30.0 Å². The molecule has 6 nitrogen and oxygen atoms in total. The van der Waals surface area contributed by atoms with Crippen LogP contribution in [-0.4, -0.2) is 75.4 Å². The van der Waals surface area contributed by atoms with E-state index in [9.17, 15) is 9.59 Å². The summed E-state index contributed by atoms with van der Waals surface area (Å²) in [6.45, 7) is 1.08. The maximum Gasteiger partial charge on any atom is 0.305 e. The molecule has 1 aliphatic heterocycles. The summed E-state index contributed by atoms with van der Waals surface area (Å²) >= 11 is 0. The van der Waals surface area contributed by atoms with Crippen LogP contribution in [0.5, 0.6) is 5.75 Å². The molecule has 0 saturated heterocycles. The summed E-state index contributed by atoms with van der Waals surface area (Å²) < 4.78 is 40.5. The first-order valence-electron chi connectivity index (χ1n) is 11.8. The van der Waals surface area contributed by atoms with Gasteiger partial charge in [0.15, 0.2) is 0 Å². The average molecular weight is 525 g/mol. The lowest BCUT2D eigenvalue weighted by Crippen LogP contribution is -2.42. The number of esters is 1. The summed E-state index contributed by atoms with van der Waals surface area (Å²) in [5, 5.41) is 2.74. The van der Waals surface area contributed by atoms with E-state index < -0.39 is 31.9 Å². The molecule has 200 valence electrons. The van der Waals surface area contributed by atoms with Gasteiger partial charge in [0.25, 0.3) is 0 Å². The van der Waals surface area contributed by atoms with Crippen molar-refractivity contribution in [2.75, 3.05) is 63.9 Å². The van der Waals surface area contributed by atoms with E-state index in [0.29, 0.717) is 31.7 Å². The Morgan fingerprint density at radius 1 is 1.06 bits per heavy atom. The predicted molar refractivity (Wildman–Crippen MR) is 143 cm³/mol. The fourth-order valence-corrected chi connectivity index (χ4v) is 6.74. The van der Waals surface area contributed by atoms with Crippen molar-refractivity contribution in [2.24, 2.45) is 0 Å². The lowest BCUT2D eigenvalue weighted by molar-refractivity contribution is -0.140. The zero-order valence-electron chi connectivity index (χ0n) is 22.2. The molecule has 36 heavy (non-hydrogen) atoms. The van der Waals surface area contributed by atoms with E-state index in [1.165, 1.54) is 19.2 Å². The number of carbonyl (C=O) groups is 2. The summed E-state index contributed by atoms with van der Waals surface area (Å²) in [5.74, 6) is -1.36. The molecule has 1 heterocycles. The van der Waals surface area contributed by atoms with Crippen molar-refractivity contribution in [3.8, 4) is 5.75 Å². The van der Waals surface area contributed by atoms with Gasteiger partial charge in [0, 0.05) is 23.5 Å². The van der Waals surface area contributed by atoms with Crippen LogP contribution >= 0.6 is 8.29 Å². The number of halogens is 2. The number of nitrogens with zero attached hydrogens (tertiary/aromatic N) is 1. The van der Waals surface area contributed by atoms with Gasteiger partial charge in [0.05, 0.1) is 14.2 Å². The topological polar surface area (TPSA) is 67.9 Å². The molecule has 1 N–H and O–H groups in total. The molecule has 0 radical (unpaired) electrons. The van der Waals surface area contributed by atoms with E-state index in [-0.39, 0.29) is 23.0 Å². The smallest absolute Gasteiger partial charge is 0.305 e. The molecule has 1 atom stereocenters. The first-order valence-corrected chi connectivity index (χ1v) is 16.3. The molecule has 0 saturated carbocycles. The Bertz CT molecular complexity index is 1160. The van der Waals surface area contributed by atoms with Gasteiger partial charge in [0.2, 0.25) is 5.91 Å². The van der Waals surface area contributed by atoms with Gasteiger partial charge in [-0.05, 0) is 86.1 Å². The molecule has 1 unspecified atom stereocenters. The largest absolute Gasteiger partial charge is 0.497 e. The fraction of sp³-hybridized carbons (Fsp3) is 0.481. The quantitative estimate of drug-likeness (QED) is 0.500. The van der Waals surface area contributed by atoms with Crippen LogP contribution in [0.2, 0.25) is 0 Å². The molecule has 0 bridgehead atoms. The molecule has 3 rings (SSSR count).